The third-order valence-corrected chi connectivity index (χ3v) is 6.47. The Morgan fingerprint density at radius 2 is 1.92 bits per heavy atom. The Morgan fingerprint density at radius 1 is 1.25 bits per heavy atom. The molecule has 24 heavy (non-hydrogen) atoms. The number of nitrogens with one attached hydrogen (secondary N) is 1. The zero-order chi connectivity index (χ0) is 17.8. The summed E-state index contributed by atoms with van der Waals surface area (Å²) >= 11 is 0. The topological polar surface area (TPSA) is 65.7 Å². The summed E-state index contributed by atoms with van der Waals surface area (Å²) in [5.41, 5.74) is 7.27. The number of nitrogens with two attached hydrogens (primary N) is 1. The molecule has 3 N–H and O–H groups in total. The van der Waals surface area contributed by atoms with Crippen molar-refractivity contribution in [3.8, 4) is 0 Å². The molecule has 6 heteroatoms. The van der Waals surface area contributed by atoms with Crippen molar-refractivity contribution < 1.29 is 13.3 Å². The first-order valence-corrected chi connectivity index (χ1v) is 10.6. The molecule has 0 aliphatic carbocycles. The molecule has 5 nitrogen and oxygen atoms in total. The van der Waals surface area contributed by atoms with Crippen molar-refractivity contribution in [3.05, 3.63) is 48.7 Å². The summed E-state index contributed by atoms with van der Waals surface area (Å²) in [6.45, 7) is 6.91. The molecule has 0 radical (unpaired) electrons. The first-order chi connectivity index (χ1) is 11.6. The molecule has 0 spiro atoms. The highest BCUT2D eigenvalue weighted by Crippen LogP contribution is 2.16. The largest absolute Gasteiger partial charge is 0.497 e. The maximum absolute atomic E-state index is 5.97. The number of hydrogen-bond donors (Lipinski definition) is 2. The van der Waals surface area contributed by atoms with Crippen LogP contribution in [0.2, 0.25) is 6.55 Å². The van der Waals surface area contributed by atoms with Crippen LogP contribution in [-0.2, 0) is 19.7 Å². The van der Waals surface area contributed by atoms with Gasteiger partial charge in [0.1, 0.15) is 0 Å². The van der Waals surface area contributed by atoms with Gasteiger partial charge in [-0.15, -0.1) is 0 Å². The van der Waals surface area contributed by atoms with Crippen LogP contribution in [0.4, 0.5) is 0 Å². The average molecular weight is 353 g/mol. The number of benzene rings is 1. The molecule has 2 unspecified atom stereocenters. The Bertz CT molecular complexity index is 455. The van der Waals surface area contributed by atoms with E-state index in [1.165, 1.54) is 5.56 Å². The van der Waals surface area contributed by atoms with E-state index in [2.05, 4.69) is 36.2 Å². The highest BCUT2D eigenvalue weighted by atomic mass is 28.4. The molecule has 0 amide bonds. The molecule has 0 saturated heterocycles. The summed E-state index contributed by atoms with van der Waals surface area (Å²) in [6, 6.07) is 10.8. The zero-order valence-corrected chi connectivity index (χ0v) is 16.2. The first kappa shape index (κ1) is 20.9. The van der Waals surface area contributed by atoms with Crippen molar-refractivity contribution in [2.75, 3.05) is 27.4 Å². The fourth-order valence-corrected chi connectivity index (χ4v) is 3.51. The lowest BCUT2D eigenvalue weighted by molar-refractivity contribution is 0.0984. The van der Waals surface area contributed by atoms with Crippen molar-refractivity contribution in [1.29, 1.82) is 0 Å². The summed E-state index contributed by atoms with van der Waals surface area (Å²) in [7, 11) is 0.784. The van der Waals surface area contributed by atoms with Crippen LogP contribution in [0, 0.1) is 5.92 Å². The second kappa shape index (κ2) is 11.4. The Balaban J connectivity index is 2.51. The van der Waals surface area contributed by atoms with Crippen molar-refractivity contribution in [2.45, 2.75) is 31.9 Å². The molecule has 0 aromatic heterocycles. The van der Waals surface area contributed by atoms with Crippen LogP contribution < -0.4 is 11.1 Å². The van der Waals surface area contributed by atoms with Gasteiger partial charge in [0.2, 0.25) is 0 Å². The fourth-order valence-electron chi connectivity index (χ4n) is 2.62. The molecular weight excluding hydrogens is 320 g/mol. The summed E-state index contributed by atoms with van der Waals surface area (Å²) < 4.78 is 16.5. The van der Waals surface area contributed by atoms with Crippen LogP contribution in [0.3, 0.4) is 0 Å². The van der Waals surface area contributed by atoms with Crippen LogP contribution in [0.5, 0.6) is 0 Å². The Labute approximate surface area is 147 Å². The second-order valence-electron chi connectivity index (χ2n) is 6.00. The third kappa shape index (κ3) is 7.59. The van der Waals surface area contributed by atoms with Crippen LogP contribution in [0.15, 0.2) is 43.1 Å². The molecule has 1 rings (SSSR count). The Kier molecular flexibility index (Phi) is 9.90. The van der Waals surface area contributed by atoms with Gasteiger partial charge in [0.25, 0.3) is 0 Å². The minimum atomic E-state index is -2.47. The van der Waals surface area contributed by atoms with Gasteiger partial charge >= 0.3 is 8.80 Å². The lowest BCUT2D eigenvalue weighted by Crippen LogP contribution is -2.41. The lowest BCUT2D eigenvalue weighted by atomic mass is 9.93. The number of rotatable bonds is 13. The summed E-state index contributed by atoms with van der Waals surface area (Å²) in [6.07, 6.45) is 4.57. The SMILES string of the molecule is C=CNC(Cc1ccccc1)CC(CN)CCO[Si](C)(OC)OC. The number of hydrogen-bond acceptors (Lipinski definition) is 5. The molecule has 1 aromatic carbocycles. The van der Waals surface area contributed by atoms with Gasteiger partial charge in [0.05, 0.1) is 0 Å². The van der Waals surface area contributed by atoms with Crippen LogP contribution in [-0.4, -0.2) is 42.2 Å². The normalized spacial score (nSPS) is 14.2. The van der Waals surface area contributed by atoms with Gasteiger partial charge < -0.3 is 24.3 Å². The van der Waals surface area contributed by atoms with E-state index >= 15 is 0 Å². The van der Waals surface area contributed by atoms with Crippen LogP contribution >= 0.6 is 0 Å². The van der Waals surface area contributed by atoms with E-state index in [0.29, 0.717) is 25.1 Å². The van der Waals surface area contributed by atoms with Crippen molar-refractivity contribution >= 4 is 8.80 Å². The summed E-state index contributed by atoms with van der Waals surface area (Å²) in [4.78, 5) is 0. The van der Waals surface area contributed by atoms with Crippen LogP contribution in [0.25, 0.3) is 0 Å². The van der Waals surface area contributed by atoms with E-state index in [1.807, 2.05) is 12.6 Å². The highest BCUT2D eigenvalue weighted by Gasteiger charge is 2.31. The van der Waals surface area contributed by atoms with E-state index < -0.39 is 8.80 Å². The molecule has 2 atom stereocenters. The van der Waals surface area contributed by atoms with Gasteiger partial charge in [0.15, 0.2) is 0 Å². The van der Waals surface area contributed by atoms with Gasteiger partial charge in [0, 0.05) is 33.4 Å². The van der Waals surface area contributed by atoms with Crippen molar-refractivity contribution in [1.82, 2.24) is 5.32 Å². The maximum atomic E-state index is 5.97. The lowest BCUT2D eigenvalue weighted by Gasteiger charge is -2.26. The minimum Gasteiger partial charge on any atom is -0.388 e. The van der Waals surface area contributed by atoms with Gasteiger partial charge in [-0.05, 0) is 43.5 Å². The van der Waals surface area contributed by atoms with Crippen molar-refractivity contribution in [3.63, 3.8) is 0 Å². The van der Waals surface area contributed by atoms with Crippen molar-refractivity contribution in [2.24, 2.45) is 11.7 Å². The second-order valence-corrected chi connectivity index (χ2v) is 8.83. The monoisotopic (exact) mass is 352 g/mol. The summed E-state index contributed by atoms with van der Waals surface area (Å²) in [5.74, 6) is 0.373. The molecule has 1 aromatic rings. The standard InChI is InChI=1S/C18H32N2O3Si/c1-5-20-18(13-16-9-7-6-8-10-16)14-17(15-19)11-12-23-24(4,21-2)22-3/h5-10,17-18,20H,1,11-15,19H2,2-4H3. The first-order valence-electron chi connectivity index (χ1n) is 8.42. The molecule has 0 heterocycles. The Morgan fingerprint density at radius 3 is 2.46 bits per heavy atom. The molecule has 136 valence electrons. The van der Waals surface area contributed by atoms with Gasteiger partial charge in [-0.1, -0.05) is 36.9 Å². The molecule has 0 aliphatic heterocycles. The molecule has 0 saturated carbocycles. The quantitative estimate of drug-likeness (QED) is 0.534. The minimum absolute atomic E-state index is 0.312. The predicted molar refractivity (Wildman–Crippen MR) is 101 cm³/mol. The maximum Gasteiger partial charge on any atom is 0.497 e. The van der Waals surface area contributed by atoms with E-state index in [-0.39, 0.29) is 0 Å². The van der Waals surface area contributed by atoms with Gasteiger partial charge in [-0.3, -0.25) is 0 Å². The predicted octanol–water partition coefficient (Wildman–Crippen LogP) is 2.56. The average Bonchev–Trinajstić information content (AvgIpc) is 2.61. The zero-order valence-electron chi connectivity index (χ0n) is 15.2. The summed E-state index contributed by atoms with van der Waals surface area (Å²) in [5, 5.41) is 3.35. The van der Waals surface area contributed by atoms with E-state index in [1.54, 1.807) is 20.4 Å². The van der Waals surface area contributed by atoms with E-state index in [4.69, 9.17) is 19.0 Å². The molecule has 0 bridgehead atoms. The molecular formula is C18H32N2O3Si. The van der Waals surface area contributed by atoms with Gasteiger partial charge in [-0.2, -0.15) is 0 Å². The van der Waals surface area contributed by atoms with Gasteiger partial charge in [-0.25, -0.2) is 0 Å². The molecule has 0 aliphatic rings. The van der Waals surface area contributed by atoms with E-state index in [9.17, 15) is 0 Å². The Hall–Kier alpha value is -1.18. The molecule has 0 fully saturated rings. The smallest absolute Gasteiger partial charge is 0.388 e. The van der Waals surface area contributed by atoms with E-state index in [0.717, 1.165) is 19.3 Å². The highest BCUT2D eigenvalue weighted by molar-refractivity contribution is 6.59. The third-order valence-electron chi connectivity index (χ3n) is 4.26. The van der Waals surface area contributed by atoms with Crippen LogP contribution in [0.1, 0.15) is 18.4 Å². The fraction of sp³-hybridized carbons (Fsp3) is 0.556.